The number of fused-ring (bicyclic) bond motifs is 1. The number of ether oxygens (including phenoxy) is 1. The van der Waals surface area contributed by atoms with Gasteiger partial charge in [0, 0.05) is 18.4 Å². The monoisotopic (exact) mass is 379 g/mol. The maximum atomic E-state index is 14.0. The summed E-state index contributed by atoms with van der Waals surface area (Å²) in [5.41, 5.74) is 3.97. The fourth-order valence-electron chi connectivity index (χ4n) is 3.04. The number of amides is 1. The molecule has 2 aromatic carbocycles. The first kappa shape index (κ1) is 18.5. The Morgan fingerprint density at radius 1 is 1.18 bits per heavy atom. The van der Waals surface area contributed by atoms with Crippen LogP contribution < -0.4 is 5.32 Å². The first-order valence-corrected chi connectivity index (χ1v) is 9.42. The summed E-state index contributed by atoms with van der Waals surface area (Å²) in [4.78, 5) is 21.6. The van der Waals surface area contributed by atoms with Crippen molar-refractivity contribution in [2.75, 3.05) is 11.9 Å². The Morgan fingerprint density at radius 2 is 1.96 bits per heavy atom. The van der Waals surface area contributed by atoms with Crippen molar-refractivity contribution in [2.45, 2.75) is 33.3 Å². The number of aromatic nitrogens is 2. The average Bonchev–Trinajstić information content (AvgIpc) is 3.47. The van der Waals surface area contributed by atoms with Crippen LogP contribution >= 0.6 is 0 Å². The van der Waals surface area contributed by atoms with Gasteiger partial charge in [-0.2, -0.15) is 0 Å². The molecule has 0 radical (unpaired) electrons. The van der Waals surface area contributed by atoms with Crippen LogP contribution in [0.2, 0.25) is 0 Å². The highest BCUT2D eigenvalue weighted by atomic mass is 19.1. The van der Waals surface area contributed by atoms with Gasteiger partial charge in [0.25, 0.3) is 5.91 Å². The van der Waals surface area contributed by atoms with E-state index in [2.05, 4.69) is 15.3 Å². The quantitative estimate of drug-likeness (QED) is 0.682. The third-order valence-corrected chi connectivity index (χ3v) is 4.89. The van der Waals surface area contributed by atoms with Crippen LogP contribution in [0, 0.1) is 25.6 Å². The summed E-state index contributed by atoms with van der Waals surface area (Å²) in [5.74, 6) is -0.229. The molecule has 1 aliphatic carbocycles. The van der Waals surface area contributed by atoms with E-state index < -0.39 is 11.7 Å². The Bertz CT molecular complexity index is 1050. The molecule has 6 heteroatoms. The van der Waals surface area contributed by atoms with Crippen LogP contribution in [0.5, 0.6) is 0 Å². The second-order valence-corrected chi connectivity index (χ2v) is 7.33. The highest BCUT2D eigenvalue weighted by molar-refractivity contribution is 6.11. The summed E-state index contributed by atoms with van der Waals surface area (Å²) in [6.07, 6.45) is 2.50. The number of rotatable bonds is 6. The van der Waals surface area contributed by atoms with E-state index >= 15 is 0 Å². The number of hydrogen-bond donors (Lipinski definition) is 1. The van der Waals surface area contributed by atoms with E-state index in [-0.39, 0.29) is 5.56 Å². The SMILES string of the molecule is Cc1nc2cc(F)cc(C(=O)Nc3cccc(COCC4CC4)c3)c2nc1C. The third-order valence-electron chi connectivity index (χ3n) is 4.89. The summed E-state index contributed by atoms with van der Waals surface area (Å²) in [6.45, 7) is 4.91. The number of benzene rings is 2. The molecule has 1 amide bonds. The standard InChI is InChI=1S/C22H22FN3O2/c1-13-14(2)25-21-19(9-17(23)10-20(21)24-13)22(27)26-18-5-3-4-16(8-18)12-28-11-15-6-7-15/h3-5,8-10,15H,6-7,11-12H2,1-2H3,(H,26,27). The molecule has 1 N–H and O–H groups in total. The van der Waals surface area contributed by atoms with Crippen molar-refractivity contribution in [3.05, 3.63) is 64.7 Å². The lowest BCUT2D eigenvalue weighted by atomic mass is 10.1. The maximum Gasteiger partial charge on any atom is 0.258 e. The molecule has 0 saturated heterocycles. The molecule has 3 aromatic rings. The Morgan fingerprint density at radius 3 is 2.75 bits per heavy atom. The number of nitrogens with one attached hydrogen (secondary N) is 1. The molecule has 1 saturated carbocycles. The highest BCUT2D eigenvalue weighted by Crippen LogP contribution is 2.29. The van der Waals surface area contributed by atoms with E-state index in [9.17, 15) is 9.18 Å². The second kappa shape index (κ2) is 7.64. The summed E-state index contributed by atoms with van der Waals surface area (Å²) >= 11 is 0. The second-order valence-electron chi connectivity index (χ2n) is 7.33. The Kier molecular flexibility index (Phi) is 5.05. The van der Waals surface area contributed by atoms with Crippen molar-refractivity contribution in [1.29, 1.82) is 0 Å². The van der Waals surface area contributed by atoms with Gasteiger partial charge in [-0.15, -0.1) is 0 Å². The molecule has 144 valence electrons. The zero-order valence-corrected chi connectivity index (χ0v) is 16.0. The minimum Gasteiger partial charge on any atom is -0.376 e. The number of aryl methyl sites for hydroxylation is 2. The smallest absolute Gasteiger partial charge is 0.258 e. The molecule has 1 aromatic heterocycles. The predicted octanol–water partition coefficient (Wildman–Crippen LogP) is 4.56. The van der Waals surface area contributed by atoms with Gasteiger partial charge in [-0.3, -0.25) is 4.79 Å². The first-order valence-electron chi connectivity index (χ1n) is 9.42. The molecule has 0 atom stereocenters. The van der Waals surface area contributed by atoms with E-state index in [0.29, 0.717) is 40.6 Å². The molecular formula is C22H22FN3O2. The Labute approximate surface area is 163 Å². The number of carbonyl (C=O) groups is 1. The molecule has 28 heavy (non-hydrogen) atoms. The number of carbonyl (C=O) groups excluding carboxylic acids is 1. The zero-order chi connectivity index (χ0) is 19.7. The lowest BCUT2D eigenvalue weighted by Crippen LogP contribution is -2.14. The van der Waals surface area contributed by atoms with E-state index in [4.69, 9.17) is 4.74 Å². The van der Waals surface area contributed by atoms with Crippen molar-refractivity contribution >= 4 is 22.6 Å². The van der Waals surface area contributed by atoms with Crippen LogP contribution in [0.25, 0.3) is 11.0 Å². The summed E-state index contributed by atoms with van der Waals surface area (Å²) in [6, 6.07) is 9.98. The van der Waals surface area contributed by atoms with Gasteiger partial charge < -0.3 is 10.1 Å². The molecule has 0 spiro atoms. The van der Waals surface area contributed by atoms with Gasteiger partial charge >= 0.3 is 0 Å². The van der Waals surface area contributed by atoms with Gasteiger partial charge in [-0.1, -0.05) is 12.1 Å². The Balaban J connectivity index is 1.55. The highest BCUT2D eigenvalue weighted by Gasteiger charge is 2.21. The van der Waals surface area contributed by atoms with Crippen LogP contribution in [0.3, 0.4) is 0 Å². The van der Waals surface area contributed by atoms with Crippen LogP contribution in [0.1, 0.15) is 40.2 Å². The van der Waals surface area contributed by atoms with E-state index in [0.717, 1.165) is 12.2 Å². The van der Waals surface area contributed by atoms with Gasteiger partial charge in [-0.25, -0.2) is 14.4 Å². The largest absolute Gasteiger partial charge is 0.376 e. The molecule has 4 rings (SSSR count). The molecule has 5 nitrogen and oxygen atoms in total. The van der Waals surface area contributed by atoms with E-state index in [1.54, 1.807) is 6.07 Å². The summed E-state index contributed by atoms with van der Waals surface area (Å²) in [7, 11) is 0. The van der Waals surface area contributed by atoms with Crippen molar-refractivity contribution in [2.24, 2.45) is 5.92 Å². The number of anilines is 1. The van der Waals surface area contributed by atoms with E-state index in [1.807, 2.05) is 32.0 Å². The molecule has 1 heterocycles. The number of hydrogen-bond acceptors (Lipinski definition) is 4. The van der Waals surface area contributed by atoms with Crippen molar-refractivity contribution in [3.63, 3.8) is 0 Å². The predicted molar refractivity (Wildman–Crippen MR) is 106 cm³/mol. The van der Waals surface area contributed by atoms with Crippen molar-refractivity contribution in [3.8, 4) is 0 Å². The maximum absolute atomic E-state index is 14.0. The van der Waals surface area contributed by atoms with Gasteiger partial charge in [0.15, 0.2) is 0 Å². The van der Waals surface area contributed by atoms with Gasteiger partial charge in [0.1, 0.15) is 11.3 Å². The van der Waals surface area contributed by atoms with Crippen LogP contribution in [0.4, 0.5) is 10.1 Å². The number of halogens is 1. The number of nitrogens with zero attached hydrogens (tertiary/aromatic N) is 2. The molecule has 0 unspecified atom stereocenters. The van der Waals surface area contributed by atoms with Crippen molar-refractivity contribution < 1.29 is 13.9 Å². The third kappa shape index (κ3) is 4.17. The zero-order valence-electron chi connectivity index (χ0n) is 16.0. The van der Waals surface area contributed by atoms with Gasteiger partial charge in [0.05, 0.1) is 29.1 Å². The average molecular weight is 379 g/mol. The topological polar surface area (TPSA) is 64.1 Å². The lowest BCUT2D eigenvalue weighted by Gasteiger charge is -2.11. The van der Waals surface area contributed by atoms with Crippen LogP contribution in [-0.2, 0) is 11.3 Å². The Hall–Kier alpha value is -2.86. The molecular weight excluding hydrogens is 357 g/mol. The fraction of sp³-hybridized carbons (Fsp3) is 0.318. The molecule has 1 fully saturated rings. The minimum absolute atomic E-state index is 0.168. The van der Waals surface area contributed by atoms with E-state index in [1.165, 1.54) is 25.0 Å². The lowest BCUT2D eigenvalue weighted by molar-refractivity contribution is 0.102. The fourth-order valence-corrected chi connectivity index (χ4v) is 3.04. The van der Waals surface area contributed by atoms with Gasteiger partial charge in [-0.05, 0) is 56.4 Å². The first-order chi connectivity index (χ1) is 13.5. The summed E-state index contributed by atoms with van der Waals surface area (Å²) in [5, 5.41) is 2.83. The van der Waals surface area contributed by atoms with Crippen LogP contribution in [-0.4, -0.2) is 22.5 Å². The molecule has 0 bridgehead atoms. The normalized spacial score (nSPS) is 13.7. The van der Waals surface area contributed by atoms with Crippen molar-refractivity contribution in [1.82, 2.24) is 9.97 Å². The molecule has 0 aliphatic heterocycles. The minimum atomic E-state index is -0.516. The van der Waals surface area contributed by atoms with Crippen LogP contribution in [0.15, 0.2) is 36.4 Å². The van der Waals surface area contributed by atoms with Gasteiger partial charge in [0.2, 0.25) is 0 Å². The summed E-state index contributed by atoms with van der Waals surface area (Å²) < 4.78 is 19.7. The molecule has 1 aliphatic rings.